The highest BCUT2D eigenvalue weighted by Gasteiger charge is 2.40. The molecule has 1 aromatic carbocycles. The van der Waals surface area contributed by atoms with E-state index in [9.17, 15) is 22.8 Å². The molecular weight excluding hydrogens is 498 g/mol. The Hall–Kier alpha value is -2.28. The van der Waals surface area contributed by atoms with Gasteiger partial charge in [0.1, 0.15) is 5.75 Å². The number of halogens is 5. The number of carboxylic acids is 1. The number of rotatable bonds is 10. The van der Waals surface area contributed by atoms with Crippen LogP contribution in [-0.4, -0.2) is 62.9 Å². The van der Waals surface area contributed by atoms with Crippen molar-refractivity contribution < 1.29 is 51.6 Å². The number of nitrogens with two attached hydrogens (primary N) is 1. The summed E-state index contributed by atoms with van der Waals surface area (Å²) in [7, 11) is 1.46. The zero-order valence-electron chi connectivity index (χ0n) is 17.9. The van der Waals surface area contributed by atoms with Crippen LogP contribution in [-0.2, 0) is 28.6 Å². The van der Waals surface area contributed by atoms with Gasteiger partial charge in [0.25, 0.3) is 0 Å². The zero-order valence-corrected chi connectivity index (χ0v) is 19.4. The van der Waals surface area contributed by atoms with E-state index < -0.39 is 35.9 Å². The fourth-order valence-electron chi connectivity index (χ4n) is 2.45. The van der Waals surface area contributed by atoms with Gasteiger partial charge < -0.3 is 29.8 Å². The topological polar surface area (TPSA) is 134 Å². The van der Waals surface area contributed by atoms with Crippen LogP contribution >= 0.6 is 23.2 Å². The van der Waals surface area contributed by atoms with Gasteiger partial charge in [0.2, 0.25) is 0 Å². The molecule has 14 heteroatoms. The predicted octanol–water partition coefficient (Wildman–Crippen LogP) is 3.39. The molecule has 0 aliphatic carbocycles. The number of methoxy groups -OCH3 is 1. The standard InChI is InChI=1S/C17H23Cl2NO6.C2HF3O2/c1-4-24-16(21)14(17(22)25-5-2)10(8-20)13-12(26-9-23-3)7-6-11(18)15(13)19;3-2(4,5)1(6)7/h6-7,10,14H,4-5,8-9,20H2,1-3H3;(H,6,7)/t10-;/m1./s1. The van der Waals surface area contributed by atoms with Crippen molar-refractivity contribution in [2.45, 2.75) is 25.9 Å². The maximum atomic E-state index is 12.4. The summed E-state index contributed by atoms with van der Waals surface area (Å²) in [4.78, 5) is 33.8. The molecule has 0 amide bonds. The third-order valence-electron chi connectivity index (χ3n) is 3.78. The van der Waals surface area contributed by atoms with E-state index in [4.69, 9.17) is 57.8 Å². The molecule has 188 valence electrons. The first kappa shape index (κ1) is 30.7. The van der Waals surface area contributed by atoms with Crippen molar-refractivity contribution in [3.63, 3.8) is 0 Å². The second-order valence-corrected chi connectivity index (χ2v) is 6.74. The van der Waals surface area contributed by atoms with Crippen LogP contribution in [0.25, 0.3) is 0 Å². The minimum Gasteiger partial charge on any atom is -0.475 e. The SMILES string of the molecule is CCOC(=O)C(C(=O)OCC)[C@H](CN)c1c(OCOC)ccc(Cl)c1Cl.O=C(O)C(F)(F)F. The van der Waals surface area contributed by atoms with E-state index in [1.165, 1.54) is 13.2 Å². The highest BCUT2D eigenvalue weighted by Crippen LogP contribution is 2.41. The number of hydrogen-bond acceptors (Lipinski definition) is 8. The Labute approximate surface area is 197 Å². The van der Waals surface area contributed by atoms with Crippen LogP contribution in [0.3, 0.4) is 0 Å². The van der Waals surface area contributed by atoms with Crippen molar-refractivity contribution in [2.24, 2.45) is 11.7 Å². The van der Waals surface area contributed by atoms with Gasteiger partial charge >= 0.3 is 24.1 Å². The molecule has 1 aromatic rings. The van der Waals surface area contributed by atoms with Gasteiger partial charge in [-0.2, -0.15) is 13.2 Å². The largest absolute Gasteiger partial charge is 0.490 e. The van der Waals surface area contributed by atoms with Crippen LogP contribution < -0.4 is 10.5 Å². The van der Waals surface area contributed by atoms with E-state index in [0.29, 0.717) is 11.3 Å². The molecule has 0 fully saturated rings. The number of benzene rings is 1. The van der Waals surface area contributed by atoms with Crippen molar-refractivity contribution in [3.05, 3.63) is 27.7 Å². The van der Waals surface area contributed by atoms with Gasteiger partial charge in [-0.3, -0.25) is 9.59 Å². The van der Waals surface area contributed by atoms with Gasteiger partial charge in [-0.15, -0.1) is 0 Å². The van der Waals surface area contributed by atoms with Crippen LogP contribution in [0.4, 0.5) is 13.2 Å². The zero-order chi connectivity index (χ0) is 25.8. The summed E-state index contributed by atoms with van der Waals surface area (Å²) < 4.78 is 52.2. The molecule has 0 aliphatic rings. The predicted molar refractivity (Wildman–Crippen MR) is 111 cm³/mol. The van der Waals surface area contributed by atoms with Crippen molar-refractivity contribution in [1.82, 2.24) is 0 Å². The molecule has 1 rings (SSSR count). The molecule has 3 N–H and O–H groups in total. The Morgan fingerprint density at radius 1 is 1.09 bits per heavy atom. The number of ether oxygens (including phenoxy) is 4. The van der Waals surface area contributed by atoms with Gasteiger partial charge in [0.05, 0.1) is 23.3 Å². The van der Waals surface area contributed by atoms with Gasteiger partial charge in [-0.05, 0) is 26.0 Å². The molecule has 9 nitrogen and oxygen atoms in total. The third kappa shape index (κ3) is 9.62. The molecule has 1 atom stereocenters. The van der Waals surface area contributed by atoms with Crippen molar-refractivity contribution in [2.75, 3.05) is 33.7 Å². The number of alkyl halides is 3. The van der Waals surface area contributed by atoms with Crippen LogP contribution in [0.2, 0.25) is 10.0 Å². The fraction of sp³-hybridized carbons (Fsp3) is 0.526. The van der Waals surface area contributed by atoms with Gasteiger partial charge in [-0.1, -0.05) is 23.2 Å². The minimum absolute atomic E-state index is 0.0638. The number of carbonyl (C=O) groups excluding carboxylic acids is 2. The molecular formula is C19H24Cl2F3NO8. The molecule has 0 heterocycles. The van der Waals surface area contributed by atoms with Crippen molar-refractivity contribution >= 4 is 41.1 Å². The first-order valence-electron chi connectivity index (χ1n) is 9.30. The number of esters is 2. The molecule has 0 bridgehead atoms. The average Bonchev–Trinajstić information content (AvgIpc) is 2.73. The second-order valence-electron chi connectivity index (χ2n) is 5.95. The van der Waals surface area contributed by atoms with E-state index in [-0.39, 0.29) is 36.6 Å². The van der Waals surface area contributed by atoms with E-state index in [0.717, 1.165) is 0 Å². The van der Waals surface area contributed by atoms with E-state index >= 15 is 0 Å². The van der Waals surface area contributed by atoms with Crippen molar-refractivity contribution in [3.8, 4) is 5.75 Å². The number of carbonyl (C=O) groups is 3. The highest BCUT2D eigenvalue weighted by molar-refractivity contribution is 6.42. The lowest BCUT2D eigenvalue weighted by Gasteiger charge is -2.26. The average molecular weight is 522 g/mol. The maximum absolute atomic E-state index is 12.4. The van der Waals surface area contributed by atoms with E-state index in [1.807, 2.05) is 0 Å². The van der Waals surface area contributed by atoms with Crippen molar-refractivity contribution in [1.29, 1.82) is 0 Å². The fourth-order valence-corrected chi connectivity index (χ4v) is 2.91. The molecule has 0 saturated heterocycles. The quantitative estimate of drug-likeness (QED) is 0.269. The number of carboxylic acid groups (broad SMARTS) is 1. The van der Waals surface area contributed by atoms with Crippen LogP contribution in [0, 0.1) is 5.92 Å². The van der Waals surface area contributed by atoms with Crippen LogP contribution in [0.1, 0.15) is 25.3 Å². The molecule has 33 heavy (non-hydrogen) atoms. The second kappa shape index (κ2) is 14.8. The lowest BCUT2D eigenvalue weighted by atomic mass is 9.85. The summed E-state index contributed by atoms with van der Waals surface area (Å²) in [5.74, 6) is -6.13. The normalized spacial score (nSPS) is 11.8. The third-order valence-corrected chi connectivity index (χ3v) is 4.59. The molecule has 0 aromatic heterocycles. The van der Waals surface area contributed by atoms with Crippen LogP contribution in [0.5, 0.6) is 5.75 Å². The van der Waals surface area contributed by atoms with Gasteiger partial charge in [-0.25, -0.2) is 4.79 Å². The Bertz CT molecular complexity index is 790. The minimum atomic E-state index is -5.08. The summed E-state index contributed by atoms with van der Waals surface area (Å²) >= 11 is 12.5. The highest BCUT2D eigenvalue weighted by atomic mass is 35.5. The van der Waals surface area contributed by atoms with Gasteiger partial charge in [0.15, 0.2) is 12.7 Å². The molecule has 0 radical (unpaired) electrons. The lowest BCUT2D eigenvalue weighted by Crippen LogP contribution is -2.37. The summed E-state index contributed by atoms with van der Waals surface area (Å²) in [5.41, 5.74) is 6.21. The molecule has 0 saturated carbocycles. The van der Waals surface area contributed by atoms with E-state index in [1.54, 1.807) is 19.9 Å². The Morgan fingerprint density at radius 3 is 1.94 bits per heavy atom. The molecule has 0 unspecified atom stereocenters. The number of aliphatic carboxylic acids is 1. The lowest BCUT2D eigenvalue weighted by molar-refractivity contribution is -0.192. The monoisotopic (exact) mass is 521 g/mol. The maximum Gasteiger partial charge on any atom is 0.490 e. The Morgan fingerprint density at radius 2 is 1.58 bits per heavy atom. The van der Waals surface area contributed by atoms with Crippen LogP contribution in [0.15, 0.2) is 12.1 Å². The number of hydrogen-bond donors (Lipinski definition) is 2. The first-order valence-corrected chi connectivity index (χ1v) is 10.1. The van der Waals surface area contributed by atoms with E-state index in [2.05, 4.69) is 0 Å². The Kier molecular flexibility index (Phi) is 13.8. The summed E-state index contributed by atoms with van der Waals surface area (Å²) in [6.45, 7) is 3.32. The van der Waals surface area contributed by atoms with Gasteiger partial charge in [0, 0.05) is 25.1 Å². The summed E-state index contributed by atoms with van der Waals surface area (Å²) in [6.07, 6.45) is -5.08. The first-order chi connectivity index (χ1) is 15.4. The molecule has 0 aliphatic heterocycles. The molecule has 0 spiro atoms. The summed E-state index contributed by atoms with van der Waals surface area (Å²) in [5, 5.41) is 7.49. The Balaban J connectivity index is 0.00000126. The smallest absolute Gasteiger partial charge is 0.475 e. The summed E-state index contributed by atoms with van der Waals surface area (Å²) in [6, 6.07) is 3.11.